The number of anilines is 1. The molecule has 6 nitrogen and oxygen atoms in total. The van der Waals surface area contributed by atoms with Crippen LogP contribution in [0.2, 0.25) is 5.02 Å². The van der Waals surface area contributed by atoms with E-state index in [1.807, 2.05) is 0 Å². The van der Waals surface area contributed by atoms with E-state index in [2.05, 4.69) is 10.3 Å². The van der Waals surface area contributed by atoms with E-state index in [1.165, 1.54) is 12.1 Å². The second kappa shape index (κ2) is 5.73. The van der Waals surface area contributed by atoms with Gasteiger partial charge >= 0.3 is 0 Å². The Bertz CT molecular complexity index is 597. The number of nitrogens with two attached hydrogens (primary N) is 1. The minimum absolute atomic E-state index is 0.0353. The number of hydrogen-bond acceptors (Lipinski definition) is 4. The van der Waals surface area contributed by atoms with Crippen LogP contribution in [0.25, 0.3) is 0 Å². The highest BCUT2D eigenvalue weighted by atomic mass is 35.5. The molecule has 1 amide bonds. The quantitative estimate of drug-likeness (QED) is 0.739. The third kappa shape index (κ3) is 3.24. The summed E-state index contributed by atoms with van der Waals surface area (Å²) in [5, 5.41) is 12.1. The predicted molar refractivity (Wildman–Crippen MR) is 72.4 cm³/mol. The fourth-order valence-corrected chi connectivity index (χ4v) is 1.71. The number of imidazole rings is 1. The van der Waals surface area contributed by atoms with Crippen molar-refractivity contribution in [3.05, 3.63) is 41.4 Å². The standard InChI is InChI=1S/C12H13ClN4O2/c13-9-5-8(1-2-11(9)18)16-12(19)10-6-17(4-3-14)7-15-10/h1-2,5-7,18H,3-4,14H2,(H,16,19). The predicted octanol–water partition coefficient (Wildman–Crippen LogP) is 1.45. The normalized spacial score (nSPS) is 10.4. The summed E-state index contributed by atoms with van der Waals surface area (Å²) in [4.78, 5) is 15.9. The Morgan fingerprint density at radius 2 is 2.32 bits per heavy atom. The first kappa shape index (κ1) is 13.4. The lowest BCUT2D eigenvalue weighted by Gasteiger charge is -2.04. The van der Waals surface area contributed by atoms with Gasteiger partial charge in [0.25, 0.3) is 5.91 Å². The maximum absolute atomic E-state index is 11.9. The van der Waals surface area contributed by atoms with Crippen LogP contribution in [0.1, 0.15) is 10.5 Å². The molecule has 0 aliphatic carbocycles. The molecule has 7 heteroatoms. The Morgan fingerprint density at radius 3 is 3.00 bits per heavy atom. The zero-order valence-corrected chi connectivity index (χ0v) is 10.8. The summed E-state index contributed by atoms with van der Waals surface area (Å²) in [6, 6.07) is 4.42. The van der Waals surface area contributed by atoms with Crippen molar-refractivity contribution >= 4 is 23.2 Å². The molecule has 4 N–H and O–H groups in total. The van der Waals surface area contributed by atoms with E-state index in [1.54, 1.807) is 23.2 Å². The lowest BCUT2D eigenvalue weighted by molar-refractivity contribution is 0.102. The van der Waals surface area contributed by atoms with Gasteiger partial charge in [0, 0.05) is 25.0 Å². The highest BCUT2D eigenvalue weighted by Crippen LogP contribution is 2.26. The number of rotatable bonds is 4. The first-order valence-electron chi connectivity index (χ1n) is 5.62. The van der Waals surface area contributed by atoms with Gasteiger partial charge in [-0.1, -0.05) is 11.6 Å². The molecule has 0 saturated carbocycles. The van der Waals surface area contributed by atoms with Crippen LogP contribution in [-0.2, 0) is 6.54 Å². The SMILES string of the molecule is NCCn1cnc(C(=O)Nc2ccc(O)c(Cl)c2)c1. The Hall–Kier alpha value is -2.05. The average Bonchev–Trinajstić information content (AvgIpc) is 2.83. The van der Waals surface area contributed by atoms with Crippen LogP contribution >= 0.6 is 11.6 Å². The summed E-state index contributed by atoms with van der Waals surface area (Å²) >= 11 is 5.75. The molecule has 0 bridgehead atoms. The van der Waals surface area contributed by atoms with Crippen molar-refractivity contribution in [2.45, 2.75) is 6.54 Å². The fraction of sp³-hybridized carbons (Fsp3) is 0.167. The molecule has 0 aliphatic rings. The number of nitrogens with zero attached hydrogens (tertiary/aromatic N) is 2. The van der Waals surface area contributed by atoms with Crippen LogP contribution in [-0.4, -0.2) is 27.1 Å². The Morgan fingerprint density at radius 1 is 1.53 bits per heavy atom. The second-order valence-electron chi connectivity index (χ2n) is 3.91. The van der Waals surface area contributed by atoms with Crippen molar-refractivity contribution in [2.24, 2.45) is 5.73 Å². The smallest absolute Gasteiger partial charge is 0.275 e. The molecule has 0 saturated heterocycles. The third-order valence-corrected chi connectivity index (χ3v) is 2.76. The molecule has 2 aromatic rings. The molecular formula is C12H13ClN4O2. The van der Waals surface area contributed by atoms with Crippen molar-refractivity contribution in [1.82, 2.24) is 9.55 Å². The molecule has 0 atom stereocenters. The Balaban J connectivity index is 2.09. The van der Waals surface area contributed by atoms with E-state index in [0.29, 0.717) is 18.8 Å². The maximum atomic E-state index is 11.9. The Kier molecular flexibility index (Phi) is 4.03. The third-order valence-electron chi connectivity index (χ3n) is 2.46. The lowest BCUT2D eigenvalue weighted by atomic mass is 10.3. The van der Waals surface area contributed by atoms with Crippen molar-refractivity contribution in [3.63, 3.8) is 0 Å². The van der Waals surface area contributed by atoms with Gasteiger partial charge in [-0.25, -0.2) is 4.98 Å². The minimum atomic E-state index is -0.350. The molecule has 0 aliphatic heterocycles. The molecule has 2 rings (SSSR count). The van der Waals surface area contributed by atoms with Gasteiger partial charge < -0.3 is 20.7 Å². The van der Waals surface area contributed by atoms with Gasteiger partial charge in [0.05, 0.1) is 11.3 Å². The van der Waals surface area contributed by atoms with Crippen LogP contribution < -0.4 is 11.1 Å². The highest BCUT2D eigenvalue weighted by molar-refractivity contribution is 6.32. The van der Waals surface area contributed by atoms with Gasteiger partial charge in [-0.05, 0) is 18.2 Å². The van der Waals surface area contributed by atoms with Crippen molar-refractivity contribution in [3.8, 4) is 5.75 Å². The van der Waals surface area contributed by atoms with Crippen LogP contribution in [0.3, 0.4) is 0 Å². The molecule has 0 fully saturated rings. The summed E-state index contributed by atoms with van der Waals surface area (Å²) in [7, 11) is 0. The van der Waals surface area contributed by atoms with E-state index in [4.69, 9.17) is 17.3 Å². The number of aromatic hydroxyl groups is 1. The summed E-state index contributed by atoms with van der Waals surface area (Å²) in [6.07, 6.45) is 3.16. The van der Waals surface area contributed by atoms with Gasteiger partial charge in [0.2, 0.25) is 0 Å². The first-order valence-corrected chi connectivity index (χ1v) is 5.99. The number of carbonyl (C=O) groups is 1. The number of carbonyl (C=O) groups excluding carboxylic acids is 1. The van der Waals surface area contributed by atoms with E-state index in [9.17, 15) is 9.90 Å². The van der Waals surface area contributed by atoms with E-state index < -0.39 is 0 Å². The van der Waals surface area contributed by atoms with Gasteiger partial charge in [-0.15, -0.1) is 0 Å². The number of phenols is 1. The second-order valence-corrected chi connectivity index (χ2v) is 4.31. The van der Waals surface area contributed by atoms with Crippen molar-refractivity contribution < 1.29 is 9.90 Å². The van der Waals surface area contributed by atoms with Crippen LogP contribution in [0, 0.1) is 0 Å². The molecule has 0 radical (unpaired) electrons. The molecule has 0 spiro atoms. The number of halogens is 1. The number of phenolic OH excluding ortho intramolecular Hbond substituents is 1. The zero-order chi connectivity index (χ0) is 13.8. The topological polar surface area (TPSA) is 93.2 Å². The van der Waals surface area contributed by atoms with E-state index in [0.717, 1.165) is 0 Å². The Labute approximate surface area is 114 Å². The molecular weight excluding hydrogens is 268 g/mol. The van der Waals surface area contributed by atoms with Gasteiger partial charge in [0.15, 0.2) is 0 Å². The largest absolute Gasteiger partial charge is 0.506 e. The molecule has 1 aromatic heterocycles. The lowest BCUT2D eigenvalue weighted by Crippen LogP contribution is -2.12. The summed E-state index contributed by atoms with van der Waals surface area (Å²) in [5.41, 5.74) is 6.19. The number of hydrogen-bond donors (Lipinski definition) is 3. The van der Waals surface area contributed by atoms with Gasteiger partial charge in [-0.2, -0.15) is 0 Å². The van der Waals surface area contributed by atoms with Crippen LogP contribution in [0.4, 0.5) is 5.69 Å². The first-order chi connectivity index (χ1) is 9.10. The maximum Gasteiger partial charge on any atom is 0.275 e. The van der Waals surface area contributed by atoms with Crippen LogP contribution in [0.5, 0.6) is 5.75 Å². The van der Waals surface area contributed by atoms with E-state index >= 15 is 0 Å². The van der Waals surface area contributed by atoms with Gasteiger partial charge in [-0.3, -0.25) is 4.79 Å². The molecule has 1 heterocycles. The van der Waals surface area contributed by atoms with Crippen molar-refractivity contribution in [2.75, 3.05) is 11.9 Å². The zero-order valence-electron chi connectivity index (χ0n) is 10.0. The van der Waals surface area contributed by atoms with E-state index in [-0.39, 0.29) is 22.4 Å². The number of aromatic nitrogens is 2. The monoisotopic (exact) mass is 280 g/mol. The molecule has 1 aromatic carbocycles. The van der Waals surface area contributed by atoms with Gasteiger partial charge in [0.1, 0.15) is 11.4 Å². The minimum Gasteiger partial charge on any atom is -0.506 e. The van der Waals surface area contributed by atoms with Crippen molar-refractivity contribution in [1.29, 1.82) is 0 Å². The summed E-state index contributed by atoms with van der Waals surface area (Å²) in [5.74, 6) is -0.385. The van der Waals surface area contributed by atoms with Crippen LogP contribution in [0.15, 0.2) is 30.7 Å². The highest BCUT2D eigenvalue weighted by Gasteiger charge is 2.10. The number of amides is 1. The number of nitrogens with one attached hydrogen (secondary N) is 1. The molecule has 0 unspecified atom stereocenters. The molecule has 19 heavy (non-hydrogen) atoms. The summed E-state index contributed by atoms with van der Waals surface area (Å²) < 4.78 is 1.73. The number of benzene rings is 1. The molecule has 100 valence electrons. The average molecular weight is 281 g/mol. The fourth-order valence-electron chi connectivity index (χ4n) is 1.53. The summed E-state index contributed by atoms with van der Waals surface area (Å²) in [6.45, 7) is 1.08.